The minimum absolute atomic E-state index is 0.0730. The second-order valence-corrected chi connectivity index (χ2v) is 11.1. The Morgan fingerprint density at radius 1 is 1.11 bits per heavy atom. The summed E-state index contributed by atoms with van der Waals surface area (Å²) in [5.41, 5.74) is -1.06. The van der Waals surface area contributed by atoms with E-state index in [1.807, 2.05) is 20.8 Å². The van der Waals surface area contributed by atoms with Gasteiger partial charge in [-0.25, -0.2) is 0 Å². The van der Waals surface area contributed by atoms with Gasteiger partial charge in [-0.2, -0.15) is 0 Å². The summed E-state index contributed by atoms with van der Waals surface area (Å²) in [4.78, 5) is 47.5. The molecule has 3 aliphatic heterocycles. The number of hydrogen-bond acceptors (Lipinski definition) is 5. The largest absolute Gasteiger partial charge is 0.394 e. The van der Waals surface area contributed by atoms with Crippen LogP contribution in [0.3, 0.4) is 0 Å². The van der Waals surface area contributed by atoms with Gasteiger partial charge in [0.25, 0.3) is 0 Å². The van der Waals surface area contributed by atoms with Crippen molar-refractivity contribution in [1.29, 1.82) is 0 Å². The van der Waals surface area contributed by atoms with Gasteiger partial charge in [0.15, 0.2) is 0 Å². The molecule has 0 aromatic carbocycles. The van der Waals surface area contributed by atoms with E-state index in [2.05, 4.69) is 20.1 Å². The van der Waals surface area contributed by atoms with Gasteiger partial charge < -0.3 is 24.5 Å². The van der Waals surface area contributed by atoms with Crippen LogP contribution >= 0.6 is 0 Å². The number of carbonyl (C=O) groups is 3. The lowest BCUT2D eigenvalue weighted by Gasteiger charge is -2.40. The second kappa shape index (κ2) is 12.6. The predicted molar refractivity (Wildman–Crippen MR) is 144 cm³/mol. The molecular formula is C29H47N3O5. The average Bonchev–Trinajstić information content (AvgIpc) is 3.51. The molecule has 37 heavy (non-hydrogen) atoms. The lowest BCUT2D eigenvalue weighted by atomic mass is 9.70. The molecule has 2 unspecified atom stereocenters. The molecule has 3 amide bonds. The summed E-state index contributed by atoms with van der Waals surface area (Å²) in [6.07, 6.45) is 7.90. The Morgan fingerprint density at radius 2 is 1.76 bits per heavy atom. The van der Waals surface area contributed by atoms with Gasteiger partial charge in [-0.15, -0.1) is 13.2 Å². The minimum Gasteiger partial charge on any atom is -0.394 e. The highest BCUT2D eigenvalue weighted by atomic mass is 16.5. The summed E-state index contributed by atoms with van der Waals surface area (Å²) >= 11 is 0. The Labute approximate surface area is 222 Å². The van der Waals surface area contributed by atoms with Crippen molar-refractivity contribution in [2.45, 2.75) is 90.0 Å². The van der Waals surface area contributed by atoms with Crippen molar-refractivity contribution < 1.29 is 24.2 Å². The average molecular weight is 518 g/mol. The van der Waals surface area contributed by atoms with Gasteiger partial charge in [0.2, 0.25) is 17.7 Å². The van der Waals surface area contributed by atoms with E-state index < -0.39 is 29.5 Å². The van der Waals surface area contributed by atoms with Gasteiger partial charge in [0, 0.05) is 26.2 Å². The maximum atomic E-state index is 14.3. The van der Waals surface area contributed by atoms with E-state index in [9.17, 15) is 19.5 Å². The highest BCUT2D eigenvalue weighted by Crippen LogP contribution is 2.59. The summed E-state index contributed by atoms with van der Waals surface area (Å²) in [5, 5.41) is 10.4. The molecule has 0 aliphatic carbocycles. The van der Waals surface area contributed by atoms with E-state index in [-0.39, 0.29) is 36.4 Å². The van der Waals surface area contributed by atoms with Crippen LogP contribution in [0.25, 0.3) is 0 Å². The number of fused-ring (bicyclic) bond motifs is 1. The SMILES string of the molecule is C=CCN(CCCCC)C(=O)C1N([C@@H](CO)C(C)C)C(=O)[C@@H]2[C@H](C(=O)N(CC=C)CCC)[C@@H]3CCC12O3. The van der Waals surface area contributed by atoms with E-state index in [0.717, 1.165) is 25.7 Å². The molecule has 3 rings (SSSR count). The number of hydrogen-bond donors (Lipinski definition) is 1. The van der Waals surface area contributed by atoms with Crippen molar-refractivity contribution in [3.63, 3.8) is 0 Å². The van der Waals surface area contributed by atoms with E-state index in [0.29, 0.717) is 39.0 Å². The molecule has 208 valence electrons. The normalized spacial score (nSPS) is 28.9. The van der Waals surface area contributed by atoms with Gasteiger partial charge in [-0.3, -0.25) is 14.4 Å². The van der Waals surface area contributed by atoms with E-state index in [4.69, 9.17) is 4.74 Å². The summed E-state index contributed by atoms with van der Waals surface area (Å²) in [6, 6.07) is -1.41. The quantitative estimate of drug-likeness (QED) is 0.266. The van der Waals surface area contributed by atoms with Crippen LogP contribution in [0.2, 0.25) is 0 Å². The first-order valence-electron chi connectivity index (χ1n) is 14.1. The number of ether oxygens (including phenoxy) is 1. The summed E-state index contributed by atoms with van der Waals surface area (Å²) in [7, 11) is 0. The van der Waals surface area contributed by atoms with Crippen LogP contribution in [-0.2, 0) is 19.1 Å². The van der Waals surface area contributed by atoms with Crippen molar-refractivity contribution in [3.8, 4) is 0 Å². The topological polar surface area (TPSA) is 90.4 Å². The molecule has 2 bridgehead atoms. The van der Waals surface area contributed by atoms with Gasteiger partial charge in [0.1, 0.15) is 11.6 Å². The summed E-state index contributed by atoms with van der Waals surface area (Å²) in [5.74, 6) is -1.95. The van der Waals surface area contributed by atoms with Crippen LogP contribution in [0.4, 0.5) is 0 Å². The second-order valence-electron chi connectivity index (χ2n) is 11.1. The van der Waals surface area contributed by atoms with Crippen LogP contribution in [0, 0.1) is 17.8 Å². The molecule has 1 N–H and O–H groups in total. The van der Waals surface area contributed by atoms with Crippen molar-refractivity contribution in [1.82, 2.24) is 14.7 Å². The zero-order chi connectivity index (χ0) is 27.3. The Balaban J connectivity index is 2.06. The first-order chi connectivity index (χ1) is 17.7. The fraction of sp³-hybridized carbons (Fsp3) is 0.759. The molecule has 0 aromatic heterocycles. The molecule has 0 radical (unpaired) electrons. The lowest BCUT2D eigenvalue weighted by molar-refractivity contribution is -0.152. The van der Waals surface area contributed by atoms with Crippen LogP contribution < -0.4 is 0 Å². The first-order valence-corrected chi connectivity index (χ1v) is 14.1. The third-order valence-corrected chi connectivity index (χ3v) is 8.42. The Bertz CT molecular complexity index is 860. The number of nitrogens with zero attached hydrogens (tertiary/aromatic N) is 3. The number of rotatable bonds is 15. The Kier molecular flexibility index (Phi) is 9.98. The monoisotopic (exact) mass is 517 g/mol. The fourth-order valence-electron chi connectivity index (χ4n) is 6.73. The predicted octanol–water partition coefficient (Wildman–Crippen LogP) is 3.01. The van der Waals surface area contributed by atoms with Crippen LogP contribution in [0.5, 0.6) is 0 Å². The molecular weight excluding hydrogens is 470 g/mol. The van der Waals surface area contributed by atoms with Gasteiger partial charge in [-0.05, 0) is 31.6 Å². The Hall–Kier alpha value is -2.19. The molecule has 1 spiro atoms. The summed E-state index contributed by atoms with van der Waals surface area (Å²) < 4.78 is 6.60. The molecule has 0 aromatic rings. The van der Waals surface area contributed by atoms with Gasteiger partial charge >= 0.3 is 0 Å². The Morgan fingerprint density at radius 3 is 2.30 bits per heavy atom. The highest BCUT2D eigenvalue weighted by Gasteiger charge is 2.75. The zero-order valence-electron chi connectivity index (χ0n) is 23.2. The number of aliphatic hydroxyl groups is 1. The maximum absolute atomic E-state index is 14.3. The maximum Gasteiger partial charge on any atom is 0.248 e. The van der Waals surface area contributed by atoms with E-state index in [1.165, 1.54) is 0 Å². The van der Waals surface area contributed by atoms with Gasteiger partial charge in [-0.1, -0.05) is 52.7 Å². The van der Waals surface area contributed by atoms with Crippen molar-refractivity contribution in [2.75, 3.05) is 32.8 Å². The highest BCUT2D eigenvalue weighted by molar-refractivity contribution is 5.99. The molecule has 0 saturated carbocycles. The minimum atomic E-state index is -1.06. The number of likely N-dealkylation sites (tertiary alicyclic amines) is 1. The smallest absolute Gasteiger partial charge is 0.248 e. The third-order valence-electron chi connectivity index (χ3n) is 8.42. The van der Waals surface area contributed by atoms with Crippen LogP contribution in [-0.4, -0.2) is 94.1 Å². The fourth-order valence-corrected chi connectivity index (χ4v) is 6.73. The number of carbonyl (C=O) groups excluding carboxylic acids is 3. The number of amides is 3. The van der Waals surface area contributed by atoms with Gasteiger partial charge in [0.05, 0.1) is 30.6 Å². The molecule has 3 heterocycles. The first kappa shape index (κ1) is 29.4. The molecule has 6 atom stereocenters. The van der Waals surface area contributed by atoms with E-state index >= 15 is 0 Å². The number of unbranched alkanes of at least 4 members (excludes halogenated alkanes) is 2. The number of aliphatic hydroxyl groups excluding tert-OH is 1. The van der Waals surface area contributed by atoms with Crippen LogP contribution in [0.15, 0.2) is 25.3 Å². The molecule has 3 aliphatic rings. The molecule has 8 nitrogen and oxygen atoms in total. The summed E-state index contributed by atoms with van der Waals surface area (Å²) in [6.45, 7) is 17.3. The van der Waals surface area contributed by atoms with Crippen molar-refractivity contribution in [3.05, 3.63) is 25.3 Å². The van der Waals surface area contributed by atoms with Crippen LogP contribution in [0.1, 0.15) is 66.2 Å². The molecule has 3 fully saturated rings. The van der Waals surface area contributed by atoms with Crippen molar-refractivity contribution >= 4 is 17.7 Å². The lowest BCUT2D eigenvalue weighted by Crippen LogP contribution is -2.59. The zero-order valence-corrected chi connectivity index (χ0v) is 23.2. The third kappa shape index (κ3) is 5.24. The van der Waals surface area contributed by atoms with E-state index in [1.54, 1.807) is 26.9 Å². The van der Waals surface area contributed by atoms with Crippen molar-refractivity contribution in [2.24, 2.45) is 17.8 Å². The standard InChI is InChI=1S/C29H47N3O5/c1-7-11-12-18-31(17-10-4)28(36)25-29-14-13-22(37-29)23(26(34)30(15-8-2)16-9-3)24(29)27(35)32(25)21(19-33)20(5)6/h8,10,20-25,33H,2,4,7,9,11-19H2,1,3,5-6H3/t21-,22-,23+,24-,25?,29?/m0/s1. The molecule has 3 saturated heterocycles. The molecule has 8 heteroatoms.